The summed E-state index contributed by atoms with van der Waals surface area (Å²) in [6.07, 6.45) is 1.83. The number of nitrogens with zero attached hydrogens (tertiary/aromatic N) is 2. The lowest BCUT2D eigenvalue weighted by Crippen LogP contribution is -3.11. The normalized spacial score (nSPS) is 17.6. The standard InChI is InChI=1S/C12H15Br2N3O/c1-16-2-4-17(5-3-16)15-8-9-6-10(13)12(18)11(14)7-9/h6-8,18H,2-5H2,1H3/p+1/b15-8+. The van der Waals surface area contributed by atoms with Gasteiger partial charge in [0.15, 0.2) is 0 Å². The van der Waals surface area contributed by atoms with Gasteiger partial charge in [-0.2, -0.15) is 5.10 Å². The van der Waals surface area contributed by atoms with Gasteiger partial charge in [0.1, 0.15) is 5.75 Å². The van der Waals surface area contributed by atoms with Gasteiger partial charge < -0.3 is 10.0 Å². The summed E-state index contributed by atoms with van der Waals surface area (Å²) in [5.74, 6) is 0.218. The smallest absolute Gasteiger partial charge is 0.143 e. The number of piperazine rings is 1. The number of likely N-dealkylation sites (N-methyl/N-ethyl adjacent to an activating group) is 1. The van der Waals surface area contributed by atoms with Crippen LogP contribution in [0.25, 0.3) is 0 Å². The maximum Gasteiger partial charge on any atom is 0.143 e. The summed E-state index contributed by atoms with van der Waals surface area (Å²) >= 11 is 6.62. The van der Waals surface area contributed by atoms with Crippen molar-refractivity contribution in [3.63, 3.8) is 0 Å². The van der Waals surface area contributed by atoms with Gasteiger partial charge in [-0.3, -0.25) is 5.01 Å². The van der Waals surface area contributed by atoms with E-state index in [1.807, 2.05) is 18.3 Å². The van der Waals surface area contributed by atoms with E-state index in [4.69, 9.17) is 0 Å². The first kappa shape index (κ1) is 13.8. The van der Waals surface area contributed by atoms with Crippen LogP contribution in [0, 0.1) is 0 Å². The molecule has 0 aromatic heterocycles. The lowest BCUT2D eigenvalue weighted by molar-refractivity contribution is -0.884. The van der Waals surface area contributed by atoms with Crippen LogP contribution >= 0.6 is 31.9 Å². The first-order valence-corrected chi connectivity index (χ1v) is 7.43. The molecule has 0 saturated carbocycles. The number of nitrogens with one attached hydrogen (secondary N) is 1. The van der Waals surface area contributed by atoms with Crippen molar-refractivity contribution in [3.8, 4) is 5.75 Å². The van der Waals surface area contributed by atoms with Gasteiger partial charge in [0.2, 0.25) is 0 Å². The zero-order valence-electron chi connectivity index (χ0n) is 10.2. The number of benzene rings is 1. The first-order chi connectivity index (χ1) is 8.56. The van der Waals surface area contributed by atoms with E-state index in [0.717, 1.165) is 31.7 Å². The second kappa shape index (κ2) is 6.04. The molecule has 6 heteroatoms. The Balaban J connectivity index is 2.05. The van der Waals surface area contributed by atoms with Gasteiger partial charge in [-0.05, 0) is 49.6 Å². The fourth-order valence-corrected chi connectivity index (χ4v) is 3.02. The molecule has 2 N–H and O–H groups in total. The highest BCUT2D eigenvalue weighted by Gasteiger charge is 2.14. The molecule has 1 aromatic carbocycles. The topological polar surface area (TPSA) is 40.3 Å². The van der Waals surface area contributed by atoms with Crippen LogP contribution in [0.5, 0.6) is 5.75 Å². The molecule has 0 radical (unpaired) electrons. The molecule has 0 spiro atoms. The lowest BCUT2D eigenvalue weighted by atomic mass is 10.2. The summed E-state index contributed by atoms with van der Waals surface area (Å²) in [5, 5.41) is 16.2. The molecule has 0 amide bonds. The second-order valence-electron chi connectivity index (χ2n) is 4.49. The molecule has 1 fully saturated rings. The van der Waals surface area contributed by atoms with E-state index in [9.17, 15) is 5.11 Å². The fraction of sp³-hybridized carbons (Fsp3) is 0.417. The van der Waals surface area contributed by atoms with Crippen molar-refractivity contribution in [2.24, 2.45) is 5.10 Å². The molecule has 0 atom stereocenters. The van der Waals surface area contributed by atoms with Crippen LogP contribution in [0.1, 0.15) is 5.56 Å². The van der Waals surface area contributed by atoms with Gasteiger partial charge in [-0.25, -0.2) is 0 Å². The largest absolute Gasteiger partial charge is 0.506 e. The number of phenolic OH excluding ortho intramolecular Hbond substituents is 1. The maximum absolute atomic E-state index is 9.63. The molecule has 18 heavy (non-hydrogen) atoms. The molecule has 0 aliphatic carbocycles. The molecule has 98 valence electrons. The summed E-state index contributed by atoms with van der Waals surface area (Å²) in [6, 6.07) is 3.70. The molecular weight excluding hydrogens is 362 g/mol. The van der Waals surface area contributed by atoms with Crippen LogP contribution in [0.2, 0.25) is 0 Å². The average molecular weight is 378 g/mol. The zero-order chi connectivity index (χ0) is 13.1. The summed E-state index contributed by atoms with van der Waals surface area (Å²) in [4.78, 5) is 1.55. The zero-order valence-corrected chi connectivity index (χ0v) is 13.3. The highest BCUT2D eigenvalue weighted by atomic mass is 79.9. The Bertz CT molecular complexity index is 434. The monoisotopic (exact) mass is 376 g/mol. The Morgan fingerprint density at radius 2 is 1.83 bits per heavy atom. The van der Waals surface area contributed by atoms with Crippen molar-refractivity contribution in [2.45, 2.75) is 0 Å². The predicted molar refractivity (Wildman–Crippen MR) is 79.3 cm³/mol. The van der Waals surface area contributed by atoms with Crippen LogP contribution in [0.4, 0.5) is 0 Å². The van der Waals surface area contributed by atoms with Crippen molar-refractivity contribution >= 4 is 38.1 Å². The van der Waals surface area contributed by atoms with E-state index in [1.165, 1.54) is 0 Å². The van der Waals surface area contributed by atoms with Gasteiger partial charge in [0.05, 0.1) is 48.4 Å². The van der Waals surface area contributed by atoms with Crippen molar-refractivity contribution in [1.29, 1.82) is 0 Å². The number of phenols is 1. The number of rotatable bonds is 2. The SMILES string of the molecule is C[NH+]1CCN(/N=C/c2cc(Br)c(O)c(Br)c2)CC1. The van der Waals surface area contributed by atoms with Gasteiger partial charge in [0, 0.05) is 0 Å². The number of quaternary nitrogens is 1. The Kier molecular flexibility index (Phi) is 4.64. The maximum atomic E-state index is 9.63. The summed E-state index contributed by atoms with van der Waals surface area (Å²) in [7, 11) is 2.20. The van der Waals surface area contributed by atoms with E-state index in [2.05, 4.69) is 49.0 Å². The Morgan fingerprint density at radius 3 is 2.39 bits per heavy atom. The van der Waals surface area contributed by atoms with Crippen LogP contribution in [-0.2, 0) is 0 Å². The minimum absolute atomic E-state index is 0.218. The molecule has 1 aromatic rings. The van der Waals surface area contributed by atoms with E-state index < -0.39 is 0 Å². The van der Waals surface area contributed by atoms with E-state index in [-0.39, 0.29) is 5.75 Å². The molecule has 0 bridgehead atoms. The highest BCUT2D eigenvalue weighted by Crippen LogP contribution is 2.32. The van der Waals surface area contributed by atoms with Crippen molar-refractivity contribution in [1.82, 2.24) is 5.01 Å². The van der Waals surface area contributed by atoms with Crippen LogP contribution in [0.15, 0.2) is 26.2 Å². The third-order valence-corrected chi connectivity index (χ3v) is 4.21. The Hall–Kier alpha value is -0.590. The number of hydrazone groups is 1. The predicted octanol–water partition coefficient (Wildman–Crippen LogP) is 1.08. The molecule has 1 saturated heterocycles. The molecular formula is C12H16Br2N3O+. The van der Waals surface area contributed by atoms with Gasteiger partial charge in [0.25, 0.3) is 0 Å². The van der Waals surface area contributed by atoms with E-state index in [1.54, 1.807) is 4.90 Å². The third kappa shape index (κ3) is 3.46. The minimum Gasteiger partial charge on any atom is -0.506 e. The van der Waals surface area contributed by atoms with Gasteiger partial charge >= 0.3 is 0 Å². The molecule has 0 unspecified atom stereocenters. The molecule has 4 nitrogen and oxygen atoms in total. The fourth-order valence-electron chi connectivity index (χ4n) is 1.80. The molecule has 1 heterocycles. The van der Waals surface area contributed by atoms with E-state index in [0.29, 0.717) is 8.95 Å². The Morgan fingerprint density at radius 1 is 1.28 bits per heavy atom. The highest BCUT2D eigenvalue weighted by molar-refractivity contribution is 9.11. The first-order valence-electron chi connectivity index (χ1n) is 5.84. The van der Waals surface area contributed by atoms with Gasteiger partial charge in [-0.1, -0.05) is 0 Å². The summed E-state index contributed by atoms with van der Waals surface area (Å²) in [5.41, 5.74) is 0.956. The number of aromatic hydroxyl groups is 1. The van der Waals surface area contributed by atoms with Crippen molar-refractivity contribution < 1.29 is 10.0 Å². The van der Waals surface area contributed by atoms with Crippen LogP contribution in [0.3, 0.4) is 0 Å². The Labute approximate surface area is 124 Å². The number of hydrogen-bond donors (Lipinski definition) is 2. The second-order valence-corrected chi connectivity index (χ2v) is 6.20. The number of halogens is 2. The summed E-state index contributed by atoms with van der Waals surface area (Å²) < 4.78 is 1.34. The van der Waals surface area contributed by atoms with Gasteiger partial charge in [-0.15, -0.1) is 0 Å². The molecule has 1 aliphatic rings. The summed E-state index contributed by atoms with van der Waals surface area (Å²) in [6.45, 7) is 4.23. The van der Waals surface area contributed by atoms with Crippen LogP contribution in [-0.4, -0.2) is 49.6 Å². The molecule has 1 aliphatic heterocycles. The van der Waals surface area contributed by atoms with E-state index >= 15 is 0 Å². The molecule has 2 rings (SSSR count). The third-order valence-electron chi connectivity index (χ3n) is 3.00. The minimum atomic E-state index is 0.218. The van der Waals surface area contributed by atoms with Crippen molar-refractivity contribution in [2.75, 3.05) is 33.2 Å². The van der Waals surface area contributed by atoms with Crippen molar-refractivity contribution in [3.05, 3.63) is 26.6 Å². The quantitative estimate of drug-likeness (QED) is 0.757. The lowest BCUT2D eigenvalue weighted by Gasteiger charge is -2.27. The number of hydrogen-bond acceptors (Lipinski definition) is 3. The van der Waals surface area contributed by atoms with Crippen LogP contribution < -0.4 is 4.90 Å². The average Bonchev–Trinajstić information content (AvgIpc) is 2.35.